The van der Waals surface area contributed by atoms with E-state index < -0.39 is 5.60 Å². The van der Waals surface area contributed by atoms with E-state index >= 15 is 0 Å². The molecule has 0 unspecified atom stereocenters. The average Bonchev–Trinajstić information content (AvgIpc) is 3.25. The van der Waals surface area contributed by atoms with Crippen molar-refractivity contribution in [3.8, 4) is 23.0 Å². The number of carbonyl (C=O) groups is 2. The molecule has 228 valence electrons. The van der Waals surface area contributed by atoms with Gasteiger partial charge < -0.3 is 26.4 Å². The molecule has 4 aromatic rings. The van der Waals surface area contributed by atoms with Gasteiger partial charge in [-0.3, -0.25) is 9.59 Å². The predicted molar refractivity (Wildman–Crippen MR) is 181 cm³/mol. The molecule has 0 saturated heterocycles. The van der Waals surface area contributed by atoms with E-state index in [-0.39, 0.29) is 30.3 Å². The van der Waals surface area contributed by atoms with Crippen LogP contribution < -0.4 is 21.3 Å². The van der Waals surface area contributed by atoms with Gasteiger partial charge in [0.25, 0.3) is 0 Å². The number of benzene rings is 4. The highest BCUT2D eigenvalue weighted by atomic mass is 16.3. The number of hydrogen-bond donors (Lipinski definition) is 5. The molecular weight excluding hydrogens is 560 g/mol. The lowest BCUT2D eigenvalue weighted by Gasteiger charge is -2.22. The molecule has 0 spiro atoms. The van der Waals surface area contributed by atoms with E-state index in [0.29, 0.717) is 30.6 Å². The maximum atomic E-state index is 13.0. The summed E-state index contributed by atoms with van der Waals surface area (Å²) in [5.74, 6) is 6.48. The number of aliphatic hydroxyl groups is 1. The van der Waals surface area contributed by atoms with E-state index in [1.807, 2.05) is 73.7 Å². The molecule has 45 heavy (non-hydrogen) atoms. The van der Waals surface area contributed by atoms with Gasteiger partial charge in [0.2, 0.25) is 11.8 Å². The van der Waals surface area contributed by atoms with E-state index in [9.17, 15) is 14.7 Å². The van der Waals surface area contributed by atoms with Gasteiger partial charge >= 0.3 is 0 Å². The molecule has 0 saturated carbocycles. The third-order valence-electron chi connectivity index (χ3n) is 8.22. The fourth-order valence-corrected chi connectivity index (χ4v) is 5.98. The van der Waals surface area contributed by atoms with Gasteiger partial charge in [-0.15, -0.1) is 0 Å². The van der Waals surface area contributed by atoms with Crippen molar-refractivity contribution in [2.45, 2.75) is 64.1 Å². The van der Waals surface area contributed by atoms with Gasteiger partial charge in [0.1, 0.15) is 0 Å². The summed E-state index contributed by atoms with van der Waals surface area (Å²) in [7, 11) is 0. The van der Waals surface area contributed by atoms with Crippen molar-refractivity contribution in [2.24, 2.45) is 0 Å². The van der Waals surface area contributed by atoms with Gasteiger partial charge in [-0.05, 0) is 73.7 Å². The molecule has 0 radical (unpaired) electrons. The Morgan fingerprint density at radius 3 is 2.29 bits per heavy atom. The second-order valence-corrected chi connectivity index (χ2v) is 12.5. The van der Waals surface area contributed by atoms with Gasteiger partial charge in [0.05, 0.1) is 28.4 Å². The standard InChI is InChI=1S/C38H38N4O3/c1-24-19-34(43)42-33-22-26(21-31(37(33)39-24)27-15-17-29(18-16-27)38(2,3)45)20-30-23-35(44)41-32-14-8-13-28(36(32)40-30)12-7-11-25-9-5-4-6-10-25/h4-6,8-10,13-18,21-22,24,30,39-40,45H,11,19-20,23H2,1-3H3,(H,41,44)(H,42,43)/t24-,30-/m1/s1. The fourth-order valence-electron chi connectivity index (χ4n) is 5.98. The molecule has 4 aromatic carbocycles. The smallest absolute Gasteiger partial charge is 0.226 e. The number of hydrogen-bond acceptors (Lipinski definition) is 5. The number of nitrogens with one attached hydrogen (secondary N) is 4. The number of para-hydroxylation sites is 1. The van der Waals surface area contributed by atoms with Crippen molar-refractivity contribution in [1.82, 2.24) is 0 Å². The molecule has 0 bridgehead atoms. The molecule has 2 amide bonds. The molecule has 2 atom stereocenters. The highest BCUT2D eigenvalue weighted by Gasteiger charge is 2.26. The van der Waals surface area contributed by atoms with Crippen LogP contribution in [-0.2, 0) is 28.0 Å². The number of fused-ring (bicyclic) bond motifs is 2. The lowest BCUT2D eigenvalue weighted by Crippen LogP contribution is -2.25. The minimum atomic E-state index is -0.954. The molecule has 0 aliphatic carbocycles. The first-order chi connectivity index (χ1) is 21.6. The summed E-state index contributed by atoms with van der Waals surface area (Å²) in [5, 5.41) is 23.8. The monoisotopic (exact) mass is 598 g/mol. The molecule has 0 fully saturated rings. The second-order valence-electron chi connectivity index (χ2n) is 12.5. The molecule has 0 aromatic heterocycles. The Labute approximate surface area is 264 Å². The van der Waals surface area contributed by atoms with Gasteiger partial charge in [0, 0.05) is 42.5 Å². The summed E-state index contributed by atoms with van der Waals surface area (Å²) >= 11 is 0. The molecular formula is C38H38N4O3. The zero-order valence-corrected chi connectivity index (χ0v) is 25.8. The third kappa shape index (κ3) is 7.03. The molecule has 6 rings (SSSR count). The van der Waals surface area contributed by atoms with Crippen LogP contribution in [0, 0.1) is 11.8 Å². The van der Waals surface area contributed by atoms with Gasteiger partial charge in [-0.25, -0.2) is 0 Å². The topological polar surface area (TPSA) is 102 Å². The van der Waals surface area contributed by atoms with Crippen LogP contribution in [0.15, 0.2) is 84.9 Å². The minimum Gasteiger partial charge on any atom is -0.386 e. The van der Waals surface area contributed by atoms with Crippen LogP contribution in [0.3, 0.4) is 0 Å². The Morgan fingerprint density at radius 1 is 0.800 bits per heavy atom. The van der Waals surface area contributed by atoms with Crippen LogP contribution in [0.1, 0.15) is 55.9 Å². The summed E-state index contributed by atoms with van der Waals surface area (Å²) in [5.41, 5.74) is 7.84. The van der Waals surface area contributed by atoms with E-state index in [1.54, 1.807) is 13.8 Å². The highest BCUT2D eigenvalue weighted by Crippen LogP contribution is 2.40. The first-order valence-electron chi connectivity index (χ1n) is 15.4. The number of rotatable bonds is 5. The quantitative estimate of drug-likeness (QED) is 0.165. The van der Waals surface area contributed by atoms with Gasteiger partial charge in [-0.2, -0.15) is 0 Å². The number of anilines is 4. The van der Waals surface area contributed by atoms with Crippen LogP contribution in [0.2, 0.25) is 0 Å². The number of amides is 2. The second kappa shape index (κ2) is 12.5. The van der Waals surface area contributed by atoms with Crippen molar-refractivity contribution in [3.63, 3.8) is 0 Å². The summed E-state index contributed by atoms with van der Waals surface area (Å²) < 4.78 is 0. The molecule has 2 heterocycles. The van der Waals surface area contributed by atoms with Gasteiger partial charge in [-0.1, -0.05) is 72.5 Å². The Hall–Kier alpha value is -5.06. The summed E-state index contributed by atoms with van der Waals surface area (Å²) in [4.78, 5) is 25.8. The molecule has 7 nitrogen and oxygen atoms in total. The first kappa shape index (κ1) is 30.0. The van der Waals surface area contributed by atoms with Gasteiger partial charge in [0.15, 0.2) is 0 Å². The van der Waals surface area contributed by atoms with Crippen LogP contribution in [0.5, 0.6) is 0 Å². The molecule has 2 aliphatic heterocycles. The summed E-state index contributed by atoms with van der Waals surface area (Å²) in [6.07, 6.45) is 1.82. The van der Waals surface area contributed by atoms with Crippen molar-refractivity contribution < 1.29 is 14.7 Å². The highest BCUT2D eigenvalue weighted by molar-refractivity contribution is 6.01. The van der Waals surface area contributed by atoms with Crippen molar-refractivity contribution in [1.29, 1.82) is 0 Å². The van der Waals surface area contributed by atoms with E-state index in [1.165, 1.54) is 0 Å². The average molecular weight is 599 g/mol. The summed E-state index contributed by atoms with van der Waals surface area (Å²) in [6, 6.07) is 27.6. The van der Waals surface area contributed by atoms with Crippen molar-refractivity contribution >= 4 is 34.6 Å². The Morgan fingerprint density at radius 2 is 1.53 bits per heavy atom. The van der Waals surface area contributed by atoms with Crippen LogP contribution >= 0.6 is 0 Å². The zero-order chi connectivity index (χ0) is 31.6. The zero-order valence-electron chi connectivity index (χ0n) is 25.8. The van der Waals surface area contributed by atoms with Crippen LogP contribution in [-0.4, -0.2) is 29.0 Å². The largest absolute Gasteiger partial charge is 0.386 e. The van der Waals surface area contributed by atoms with Crippen LogP contribution in [0.4, 0.5) is 22.7 Å². The SMILES string of the molecule is C[C@@H]1CC(=O)Nc2cc(C[C@@H]3CC(=O)Nc4cccc(C#CCc5ccccc5)c4N3)cc(-c3ccc(C(C)(C)O)cc3)c2N1. The number of carbonyl (C=O) groups excluding carboxylic acids is 2. The van der Waals surface area contributed by atoms with E-state index in [0.717, 1.165) is 44.8 Å². The minimum absolute atomic E-state index is 0.0448. The summed E-state index contributed by atoms with van der Waals surface area (Å²) in [6.45, 7) is 5.53. The van der Waals surface area contributed by atoms with Crippen molar-refractivity contribution in [3.05, 3.63) is 107 Å². The molecule has 7 heteroatoms. The maximum absolute atomic E-state index is 13.0. The fraction of sp³-hybridized carbons (Fsp3) is 0.263. The van der Waals surface area contributed by atoms with Crippen LogP contribution in [0.25, 0.3) is 11.1 Å². The van der Waals surface area contributed by atoms with E-state index in [2.05, 4.69) is 51.3 Å². The Bertz CT molecular complexity index is 1800. The first-order valence-corrected chi connectivity index (χ1v) is 15.4. The third-order valence-corrected chi connectivity index (χ3v) is 8.22. The Kier molecular flexibility index (Phi) is 8.34. The lowest BCUT2D eigenvalue weighted by atomic mass is 9.92. The van der Waals surface area contributed by atoms with E-state index in [4.69, 9.17) is 0 Å². The Balaban J connectivity index is 1.34. The van der Waals surface area contributed by atoms with Crippen molar-refractivity contribution in [2.75, 3.05) is 21.3 Å². The lowest BCUT2D eigenvalue weighted by molar-refractivity contribution is -0.117. The molecule has 5 N–H and O–H groups in total. The predicted octanol–water partition coefficient (Wildman–Crippen LogP) is 6.68. The molecule has 2 aliphatic rings. The maximum Gasteiger partial charge on any atom is 0.226 e. The normalized spacial score (nSPS) is 17.5.